The van der Waals surface area contributed by atoms with Crippen molar-refractivity contribution < 1.29 is 24.9 Å². The number of pyridine rings is 1. The standard InChI is InChI=1S/C36H23BrN4O10/c1-51-20-10-19(42)23-24(29(20)44)31(46)26-25(30(23)45)33(48)36(34(26)49)7-6-16-27(36)32(47)22-17(28(16)37)9-14(40-35(22)50)12-39-41-21(43)8-13-11-38-18-5-3-2-4-15(13)18/h2-5,9-12,38,47-49H,6-8H2,1H3,(H,40,50)(H,41,43)/t36-/m0/s1. The molecule has 8 rings (SSSR count). The predicted molar refractivity (Wildman–Crippen MR) is 189 cm³/mol. The second-order valence-corrected chi connectivity index (χ2v) is 13.1. The van der Waals surface area contributed by atoms with Gasteiger partial charge in [-0.2, -0.15) is 5.10 Å². The second-order valence-electron chi connectivity index (χ2n) is 12.4. The molecule has 1 atom stereocenters. The topological polar surface area (TPSA) is 228 Å². The molecule has 2 aromatic carbocycles. The Morgan fingerprint density at radius 2 is 1.69 bits per heavy atom. The second kappa shape index (κ2) is 11.1. The van der Waals surface area contributed by atoms with Gasteiger partial charge in [-0.15, -0.1) is 0 Å². The Hall–Kier alpha value is -6.35. The molecule has 4 aromatic rings. The number of para-hydroxylation sites is 1. The van der Waals surface area contributed by atoms with Crippen LogP contribution in [0.25, 0.3) is 33.2 Å². The minimum Gasteiger partial charge on any atom is -0.510 e. The first-order valence-corrected chi connectivity index (χ1v) is 16.2. The molecule has 15 heteroatoms. The summed E-state index contributed by atoms with van der Waals surface area (Å²) in [6.07, 6.45) is 2.93. The van der Waals surface area contributed by atoms with Crippen molar-refractivity contribution in [2.45, 2.75) is 24.7 Å². The summed E-state index contributed by atoms with van der Waals surface area (Å²) >= 11 is 3.50. The summed E-state index contributed by atoms with van der Waals surface area (Å²) in [7, 11) is 1.11. The number of aromatic nitrogens is 2. The summed E-state index contributed by atoms with van der Waals surface area (Å²) < 4.78 is 5.22. The number of aliphatic hydroxyl groups excluding tert-OH is 2. The number of phenolic OH excluding ortho intramolecular Hbond substituents is 1. The molecule has 0 unspecified atom stereocenters. The number of aliphatic hydroxyl groups is 2. The molecule has 51 heavy (non-hydrogen) atoms. The van der Waals surface area contributed by atoms with Gasteiger partial charge in [-0.3, -0.25) is 28.8 Å². The van der Waals surface area contributed by atoms with Crippen LogP contribution in [-0.4, -0.2) is 44.5 Å². The van der Waals surface area contributed by atoms with E-state index in [2.05, 4.69) is 36.4 Å². The maximum atomic E-state index is 13.7. The molecule has 0 radical (unpaired) electrons. The number of fused-ring (bicyclic) bond motifs is 5. The Bertz CT molecular complexity index is 3100. The monoisotopic (exact) mass is 750 g/mol. The Labute approximate surface area is 290 Å². The van der Waals surface area contributed by atoms with Gasteiger partial charge in [0.05, 0.1) is 51.7 Å². The van der Waals surface area contributed by atoms with Crippen molar-refractivity contribution in [3.8, 4) is 11.5 Å². The van der Waals surface area contributed by atoms with Gasteiger partial charge in [0.2, 0.25) is 22.2 Å². The number of H-pyrrole nitrogens is 2. The molecule has 0 saturated carbocycles. The minimum absolute atomic E-state index is 0.0441. The summed E-state index contributed by atoms with van der Waals surface area (Å²) in [5.74, 6) is -3.12. The number of amides is 1. The van der Waals surface area contributed by atoms with E-state index in [0.29, 0.717) is 10.0 Å². The first-order valence-electron chi connectivity index (χ1n) is 15.4. The van der Waals surface area contributed by atoms with Crippen molar-refractivity contribution in [1.29, 1.82) is 0 Å². The lowest BCUT2D eigenvalue weighted by Gasteiger charge is -2.27. The number of aromatic hydroxyl groups is 1. The Kier molecular flexibility index (Phi) is 6.93. The van der Waals surface area contributed by atoms with Crippen LogP contribution >= 0.6 is 15.9 Å². The molecule has 0 bridgehead atoms. The van der Waals surface area contributed by atoms with E-state index in [9.17, 15) is 44.1 Å². The third-order valence-corrected chi connectivity index (χ3v) is 10.7. The number of nitrogens with one attached hydrogen (secondary N) is 3. The van der Waals surface area contributed by atoms with Gasteiger partial charge < -0.3 is 30.0 Å². The quantitative estimate of drug-likeness (QED) is 0.105. The van der Waals surface area contributed by atoms with Crippen molar-refractivity contribution in [2.24, 2.45) is 5.10 Å². The maximum absolute atomic E-state index is 13.7. The fourth-order valence-electron chi connectivity index (χ4n) is 7.55. The van der Waals surface area contributed by atoms with Crippen molar-refractivity contribution in [3.63, 3.8) is 0 Å². The SMILES string of the molecule is COc1cc(=O)c2c(=O)c3c(c(=O)c=2c1=O)=C(O)[C@]1(CCc2c1c(O)c1c(=O)[nH]c(C=NNC(=O)Cc4c[nH]c5ccccc45)cc1c2Br)C=3O. The third-order valence-electron chi connectivity index (χ3n) is 9.80. The molecule has 2 aromatic heterocycles. The van der Waals surface area contributed by atoms with E-state index in [-0.39, 0.29) is 41.3 Å². The molecule has 6 N–H and O–H groups in total. The average molecular weight is 752 g/mol. The normalized spacial score (nSPS) is 16.6. The van der Waals surface area contributed by atoms with Crippen molar-refractivity contribution in [3.05, 3.63) is 142 Å². The van der Waals surface area contributed by atoms with Crippen LogP contribution in [0.3, 0.4) is 0 Å². The van der Waals surface area contributed by atoms with E-state index in [1.807, 2.05) is 24.3 Å². The Morgan fingerprint density at radius 1 is 0.980 bits per heavy atom. The van der Waals surface area contributed by atoms with E-state index >= 15 is 0 Å². The number of hydrogen-bond donors (Lipinski definition) is 6. The van der Waals surface area contributed by atoms with Crippen LogP contribution in [0.1, 0.15) is 28.8 Å². The number of benzene rings is 2. The fraction of sp³-hybridized carbons (Fsp3) is 0.139. The predicted octanol–water partition coefficient (Wildman–Crippen LogP) is 0.450. The zero-order valence-electron chi connectivity index (χ0n) is 26.3. The van der Waals surface area contributed by atoms with E-state index in [1.165, 1.54) is 12.3 Å². The molecule has 1 amide bonds. The van der Waals surface area contributed by atoms with Crippen molar-refractivity contribution in [1.82, 2.24) is 15.4 Å². The number of ether oxygens (including phenoxy) is 1. The van der Waals surface area contributed by atoms with Crippen LogP contribution in [0.2, 0.25) is 0 Å². The third kappa shape index (κ3) is 4.24. The molecule has 2 heterocycles. The van der Waals surface area contributed by atoms with Crippen molar-refractivity contribution in [2.75, 3.05) is 7.11 Å². The number of aromatic amines is 2. The summed E-state index contributed by atoms with van der Waals surface area (Å²) in [4.78, 5) is 85.1. The van der Waals surface area contributed by atoms with Crippen LogP contribution in [0.5, 0.6) is 11.5 Å². The molecular formula is C36H23BrN4O10. The average Bonchev–Trinajstić information content (AvgIpc) is 3.77. The highest BCUT2D eigenvalue weighted by Crippen LogP contribution is 2.56. The fourth-order valence-corrected chi connectivity index (χ4v) is 8.25. The largest absolute Gasteiger partial charge is 0.510 e. The first kappa shape index (κ1) is 31.9. The molecular weight excluding hydrogens is 728 g/mol. The molecule has 4 aliphatic carbocycles. The number of carbonyl (C=O) groups is 1. The number of phenols is 1. The minimum atomic E-state index is -2.05. The number of halogens is 1. The van der Waals surface area contributed by atoms with Crippen molar-refractivity contribution >= 4 is 61.2 Å². The molecule has 1 spiro atoms. The highest BCUT2D eigenvalue weighted by atomic mass is 79.9. The van der Waals surface area contributed by atoms with E-state index in [0.717, 1.165) is 29.6 Å². The Morgan fingerprint density at radius 3 is 2.41 bits per heavy atom. The summed E-state index contributed by atoms with van der Waals surface area (Å²) in [6.45, 7) is 0. The lowest BCUT2D eigenvalue weighted by molar-refractivity contribution is -0.120. The zero-order chi connectivity index (χ0) is 36.1. The van der Waals surface area contributed by atoms with Gasteiger partial charge in [0.25, 0.3) is 5.56 Å². The van der Waals surface area contributed by atoms with E-state index in [4.69, 9.17) is 4.74 Å². The van der Waals surface area contributed by atoms with Gasteiger partial charge >= 0.3 is 0 Å². The lowest BCUT2D eigenvalue weighted by Crippen LogP contribution is -2.51. The van der Waals surface area contributed by atoms with Crippen LogP contribution in [-0.2, 0) is 23.1 Å². The van der Waals surface area contributed by atoms with Gasteiger partial charge in [-0.1, -0.05) is 18.2 Å². The number of methoxy groups -OCH3 is 1. The molecule has 254 valence electrons. The smallest absolute Gasteiger partial charge is 0.260 e. The number of nitrogens with zero attached hydrogens (tertiary/aromatic N) is 1. The zero-order valence-corrected chi connectivity index (χ0v) is 27.9. The van der Waals surface area contributed by atoms with Gasteiger partial charge in [0, 0.05) is 38.6 Å². The van der Waals surface area contributed by atoms with E-state index < -0.39 is 82.5 Å². The number of hydrazone groups is 1. The van der Waals surface area contributed by atoms with Crippen LogP contribution in [0, 0.1) is 10.4 Å². The number of carbonyl (C=O) groups excluding carboxylic acids is 1. The molecule has 4 aliphatic rings. The lowest BCUT2D eigenvalue weighted by atomic mass is 9.78. The van der Waals surface area contributed by atoms with Crippen LogP contribution in [0.4, 0.5) is 0 Å². The molecule has 0 fully saturated rings. The maximum Gasteiger partial charge on any atom is 0.260 e. The number of hydrogen-bond acceptors (Lipinski definition) is 11. The van der Waals surface area contributed by atoms with Gasteiger partial charge in [-0.05, 0) is 52.0 Å². The molecule has 0 aliphatic heterocycles. The van der Waals surface area contributed by atoms with Crippen LogP contribution in [0.15, 0.2) is 76.1 Å². The summed E-state index contributed by atoms with van der Waals surface area (Å²) in [5, 5.41) is 37.0. The van der Waals surface area contributed by atoms with Crippen LogP contribution < -0.4 is 47.9 Å². The molecule has 14 nitrogen and oxygen atoms in total. The first-order chi connectivity index (χ1) is 24.4. The highest BCUT2D eigenvalue weighted by Gasteiger charge is 2.53. The summed E-state index contributed by atoms with van der Waals surface area (Å²) in [6, 6.07) is 9.79. The Balaban J connectivity index is 1.23. The summed E-state index contributed by atoms with van der Waals surface area (Å²) in [5.41, 5.74) is -2.69. The van der Waals surface area contributed by atoms with E-state index in [1.54, 1.807) is 6.20 Å². The van der Waals surface area contributed by atoms with Gasteiger partial charge in [0.1, 0.15) is 22.7 Å². The van der Waals surface area contributed by atoms with Gasteiger partial charge in [-0.25, -0.2) is 5.43 Å². The highest BCUT2D eigenvalue weighted by molar-refractivity contribution is 9.10. The number of rotatable bonds is 5. The molecule has 0 saturated heterocycles. The van der Waals surface area contributed by atoms with Gasteiger partial charge in [0.15, 0.2) is 11.2 Å².